The van der Waals surface area contributed by atoms with Crippen LogP contribution in [0.4, 0.5) is 5.69 Å². The van der Waals surface area contributed by atoms with Crippen molar-refractivity contribution in [1.82, 2.24) is 4.90 Å². The normalized spacial score (nSPS) is 26.4. The fraction of sp³-hybridized carbons (Fsp3) is 0.395. The van der Waals surface area contributed by atoms with Crippen LogP contribution in [0.15, 0.2) is 130 Å². The first-order valence-corrected chi connectivity index (χ1v) is 17.7. The topological polar surface area (TPSA) is 6.48 Å². The average Bonchev–Trinajstić information content (AvgIpc) is 3.35. The molecule has 2 aliphatic carbocycles. The van der Waals surface area contributed by atoms with Gasteiger partial charge in [0, 0.05) is 46.5 Å². The summed E-state index contributed by atoms with van der Waals surface area (Å²) in [5.41, 5.74) is 10.5. The SMILES string of the molecule is C/C=C1\C=C/C/C=C\C2=C1C(C)(C)/C(=C\C=C1/CCCC(/C=C/C3N(CCCC)c4ccc5ccccc5c4C3(C)C)=C1Cl)N2C. The van der Waals surface area contributed by atoms with Gasteiger partial charge in [0.1, 0.15) is 0 Å². The van der Waals surface area contributed by atoms with E-state index in [9.17, 15) is 0 Å². The molecular formula is C43H51ClN2. The average molecular weight is 631 g/mol. The molecule has 0 amide bonds. The molecule has 2 aromatic rings. The highest BCUT2D eigenvalue weighted by atomic mass is 35.5. The molecule has 1 atom stereocenters. The third-order valence-corrected chi connectivity index (χ3v) is 11.2. The van der Waals surface area contributed by atoms with E-state index in [1.807, 2.05) is 0 Å². The molecule has 0 bridgehead atoms. The Bertz CT molecular complexity index is 1770. The van der Waals surface area contributed by atoms with Crippen LogP contribution in [0.3, 0.4) is 0 Å². The number of likely N-dealkylation sites (N-methyl/N-ethyl adjacent to an activating group) is 1. The maximum atomic E-state index is 7.26. The van der Waals surface area contributed by atoms with Crippen LogP contribution in [0.25, 0.3) is 10.8 Å². The van der Waals surface area contributed by atoms with Gasteiger partial charge in [-0.05, 0) is 95.9 Å². The molecule has 0 fully saturated rings. The van der Waals surface area contributed by atoms with Gasteiger partial charge >= 0.3 is 0 Å². The van der Waals surface area contributed by atoms with E-state index in [0.29, 0.717) is 0 Å². The minimum Gasteiger partial charge on any atom is -0.364 e. The molecule has 0 spiro atoms. The number of halogens is 1. The number of allylic oxidation sites excluding steroid dienone is 13. The van der Waals surface area contributed by atoms with Crippen molar-refractivity contribution in [2.24, 2.45) is 5.41 Å². The number of rotatable bonds is 6. The molecule has 0 N–H and O–H groups in total. The summed E-state index contributed by atoms with van der Waals surface area (Å²) in [7, 11) is 2.21. The highest BCUT2D eigenvalue weighted by molar-refractivity contribution is 6.32. The molecule has 4 aliphatic rings. The summed E-state index contributed by atoms with van der Waals surface area (Å²) in [5.74, 6) is 0. The maximum Gasteiger partial charge on any atom is 0.0568 e. The molecule has 2 aromatic carbocycles. The van der Waals surface area contributed by atoms with Crippen LogP contribution in [-0.4, -0.2) is 24.5 Å². The summed E-state index contributed by atoms with van der Waals surface area (Å²) in [4.78, 5) is 5.03. The Morgan fingerprint density at radius 1 is 0.978 bits per heavy atom. The summed E-state index contributed by atoms with van der Waals surface area (Å²) >= 11 is 7.26. The Kier molecular flexibility index (Phi) is 9.14. The first-order valence-electron chi connectivity index (χ1n) is 17.4. The molecule has 3 heteroatoms. The Morgan fingerprint density at radius 2 is 1.76 bits per heavy atom. The van der Waals surface area contributed by atoms with Crippen LogP contribution in [0.5, 0.6) is 0 Å². The van der Waals surface area contributed by atoms with Gasteiger partial charge in [0.05, 0.1) is 6.04 Å². The highest BCUT2D eigenvalue weighted by Gasteiger charge is 2.44. The van der Waals surface area contributed by atoms with Gasteiger partial charge in [-0.1, -0.05) is 126 Å². The van der Waals surface area contributed by atoms with Crippen LogP contribution >= 0.6 is 11.6 Å². The quantitative estimate of drug-likeness (QED) is 0.313. The van der Waals surface area contributed by atoms with Crippen molar-refractivity contribution in [2.45, 2.75) is 91.5 Å². The number of hydrogen-bond donors (Lipinski definition) is 0. The number of unbranched alkanes of at least 4 members (excludes halogenated alkanes) is 1. The largest absolute Gasteiger partial charge is 0.364 e. The maximum absolute atomic E-state index is 7.26. The monoisotopic (exact) mass is 630 g/mol. The summed E-state index contributed by atoms with van der Waals surface area (Å²) < 4.78 is 0. The minimum atomic E-state index is -0.113. The Labute approximate surface area is 282 Å². The van der Waals surface area contributed by atoms with Crippen LogP contribution in [0.2, 0.25) is 0 Å². The fourth-order valence-electron chi connectivity index (χ4n) is 8.36. The molecule has 6 rings (SSSR count). The lowest BCUT2D eigenvalue weighted by Crippen LogP contribution is -2.40. The molecule has 240 valence electrons. The predicted octanol–water partition coefficient (Wildman–Crippen LogP) is 11.8. The van der Waals surface area contributed by atoms with E-state index in [4.69, 9.17) is 11.6 Å². The fourth-order valence-corrected chi connectivity index (χ4v) is 8.67. The summed E-state index contributed by atoms with van der Waals surface area (Å²) in [6.45, 7) is 15.0. The lowest BCUT2D eigenvalue weighted by molar-refractivity contribution is 0.446. The number of fused-ring (bicyclic) bond motifs is 3. The molecule has 0 aromatic heterocycles. The molecule has 0 saturated heterocycles. The van der Waals surface area contributed by atoms with E-state index in [1.54, 1.807) is 0 Å². The number of anilines is 1. The van der Waals surface area contributed by atoms with Gasteiger partial charge in [-0.25, -0.2) is 0 Å². The van der Waals surface area contributed by atoms with Gasteiger partial charge in [0.25, 0.3) is 0 Å². The van der Waals surface area contributed by atoms with Gasteiger partial charge in [-0.2, -0.15) is 0 Å². The van der Waals surface area contributed by atoms with Crippen LogP contribution in [0, 0.1) is 5.41 Å². The zero-order valence-corrected chi connectivity index (χ0v) is 29.7. The van der Waals surface area contributed by atoms with Crippen LogP contribution in [0.1, 0.15) is 85.6 Å². The molecule has 2 aliphatic heterocycles. The van der Waals surface area contributed by atoms with Crippen molar-refractivity contribution in [1.29, 1.82) is 0 Å². The Balaban J connectivity index is 1.33. The highest BCUT2D eigenvalue weighted by Crippen LogP contribution is 2.51. The first-order chi connectivity index (χ1) is 22.1. The van der Waals surface area contributed by atoms with Crippen molar-refractivity contribution in [3.8, 4) is 0 Å². The molecule has 2 heterocycles. The summed E-state index contributed by atoms with van der Waals surface area (Å²) in [5, 5.41) is 3.63. The lowest BCUT2D eigenvalue weighted by Gasteiger charge is -2.33. The van der Waals surface area contributed by atoms with Crippen molar-refractivity contribution in [3.05, 3.63) is 135 Å². The van der Waals surface area contributed by atoms with Gasteiger partial charge in [0.15, 0.2) is 0 Å². The molecular weight excluding hydrogens is 580 g/mol. The Hall–Kier alpha value is -3.49. The smallest absolute Gasteiger partial charge is 0.0568 e. The second-order valence-electron chi connectivity index (χ2n) is 14.4. The Morgan fingerprint density at radius 3 is 2.54 bits per heavy atom. The minimum absolute atomic E-state index is 0.0246. The van der Waals surface area contributed by atoms with E-state index in [2.05, 4.69) is 149 Å². The van der Waals surface area contributed by atoms with Crippen molar-refractivity contribution in [3.63, 3.8) is 0 Å². The summed E-state index contributed by atoms with van der Waals surface area (Å²) in [6, 6.07) is 13.8. The number of benzene rings is 2. The molecule has 2 nitrogen and oxygen atoms in total. The lowest BCUT2D eigenvalue weighted by atomic mass is 9.78. The zero-order chi connectivity index (χ0) is 32.6. The number of hydrogen-bond acceptors (Lipinski definition) is 2. The standard InChI is InChI=1S/C43H51ClN2/c1-8-10-29-46-36-26-23-31-18-14-15-21-34(31)40(36)43(5,6)38(46)28-25-33-20-16-19-32(41(33)44)24-27-37-42(3,4)39-30(9-2)17-12-11-13-22-35(39)45(37)7/h9,12-15,17-18,21-28,38H,8,10-11,16,19-20,29H2,1-7H3/b17-12-,22-13-,28-25+,30-9+,32-24+,37-27+. The van der Waals surface area contributed by atoms with Crippen molar-refractivity contribution < 1.29 is 0 Å². The van der Waals surface area contributed by atoms with Gasteiger partial charge in [-0.15, -0.1) is 0 Å². The molecule has 0 saturated carbocycles. The third kappa shape index (κ3) is 5.57. The molecule has 0 radical (unpaired) electrons. The number of nitrogens with zero attached hydrogens (tertiary/aromatic N) is 2. The van der Waals surface area contributed by atoms with Gasteiger partial charge in [-0.3, -0.25) is 0 Å². The van der Waals surface area contributed by atoms with Crippen LogP contribution in [-0.2, 0) is 5.41 Å². The molecule has 1 unspecified atom stereocenters. The van der Waals surface area contributed by atoms with Crippen LogP contribution < -0.4 is 4.90 Å². The first kappa shape index (κ1) is 32.5. The van der Waals surface area contributed by atoms with Crippen molar-refractivity contribution >= 4 is 28.1 Å². The van der Waals surface area contributed by atoms with Gasteiger partial charge in [0.2, 0.25) is 0 Å². The second kappa shape index (κ2) is 13.0. The second-order valence-corrected chi connectivity index (χ2v) is 14.8. The van der Waals surface area contributed by atoms with E-state index < -0.39 is 0 Å². The zero-order valence-electron chi connectivity index (χ0n) is 29.0. The van der Waals surface area contributed by atoms with E-state index >= 15 is 0 Å². The molecule has 46 heavy (non-hydrogen) atoms. The van der Waals surface area contributed by atoms with Gasteiger partial charge < -0.3 is 9.80 Å². The van der Waals surface area contributed by atoms with E-state index in [-0.39, 0.29) is 16.9 Å². The third-order valence-electron chi connectivity index (χ3n) is 10.8. The van der Waals surface area contributed by atoms with E-state index in [0.717, 1.165) is 37.3 Å². The van der Waals surface area contributed by atoms with Crippen molar-refractivity contribution in [2.75, 3.05) is 18.5 Å². The predicted molar refractivity (Wildman–Crippen MR) is 200 cm³/mol. The summed E-state index contributed by atoms with van der Waals surface area (Å²) in [6.07, 6.45) is 27.3. The van der Waals surface area contributed by atoms with E-state index in [1.165, 1.54) is 68.6 Å².